The normalized spacial score (nSPS) is 25.0. The molecular formula is C16H16Cl2O. The van der Waals surface area contributed by atoms with Crippen molar-refractivity contribution in [1.82, 2.24) is 0 Å². The van der Waals surface area contributed by atoms with Gasteiger partial charge in [0.2, 0.25) is 0 Å². The number of halogens is 2. The van der Waals surface area contributed by atoms with E-state index in [1.54, 1.807) is 0 Å². The molecule has 1 aromatic rings. The van der Waals surface area contributed by atoms with Crippen molar-refractivity contribution in [2.45, 2.75) is 39.0 Å². The van der Waals surface area contributed by atoms with E-state index in [4.69, 9.17) is 23.2 Å². The third-order valence-corrected chi connectivity index (χ3v) is 5.24. The topological polar surface area (TPSA) is 17.1 Å². The number of ketones is 1. The van der Waals surface area contributed by atoms with E-state index >= 15 is 0 Å². The molecule has 3 heteroatoms. The lowest BCUT2D eigenvalue weighted by atomic mass is 9.70. The Bertz CT molecular complexity index is 589. The van der Waals surface area contributed by atoms with Gasteiger partial charge in [-0.1, -0.05) is 42.6 Å². The van der Waals surface area contributed by atoms with E-state index < -0.39 is 0 Å². The maximum Gasteiger partial charge on any atom is 0.156 e. The number of rotatable bonds is 2. The third-order valence-electron chi connectivity index (χ3n) is 4.43. The Hall–Kier alpha value is -0.790. The highest BCUT2D eigenvalue weighted by molar-refractivity contribution is 6.43. The Labute approximate surface area is 123 Å². The molecule has 3 rings (SSSR count). The Morgan fingerprint density at radius 3 is 2.84 bits per heavy atom. The summed E-state index contributed by atoms with van der Waals surface area (Å²) in [5.41, 5.74) is 3.51. The van der Waals surface area contributed by atoms with Gasteiger partial charge in [0.15, 0.2) is 5.78 Å². The molecule has 0 fully saturated rings. The van der Waals surface area contributed by atoms with Crippen LogP contribution in [0.15, 0.2) is 18.2 Å². The van der Waals surface area contributed by atoms with Crippen LogP contribution < -0.4 is 0 Å². The van der Waals surface area contributed by atoms with Gasteiger partial charge in [-0.3, -0.25) is 4.79 Å². The van der Waals surface area contributed by atoms with Gasteiger partial charge >= 0.3 is 0 Å². The molecule has 100 valence electrons. The van der Waals surface area contributed by atoms with E-state index in [1.807, 2.05) is 12.1 Å². The number of hydrogen-bond donors (Lipinski definition) is 0. The first-order chi connectivity index (χ1) is 9.07. The summed E-state index contributed by atoms with van der Waals surface area (Å²) in [6, 6.07) is 3.92. The molecule has 1 atom stereocenters. The summed E-state index contributed by atoms with van der Waals surface area (Å²) in [7, 11) is 0. The van der Waals surface area contributed by atoms with Crippen LogP contribution in [-0.4, -0.2) is 5.78 Å². The fourth-order valence-corrected chi connectivity index (χ4v) is 4.07. The van der Waals surface area contributed by atoms with Gasteiger partial charge in [0.05, 0.1) is 10.0 Å². The molecule has 0 N–H and O–H groups in total. The lowest BCUT2D eigenvalue weighted by Crippen LogP contribution is -2.25. The van der Waals surface area contributed by atoms with E-state index in [0.717, 1.165) is 36.8 Å². The van der Waals surface area contributed by atoms with Crippen molar-refractivity contribution in [1.29, 1.82) is 0 Å². The maximum atomic E-state index is 11.8. The molecule has 0 heterocycles. The zero-order valence-electron chi connectivity index (χ0n) is 10.9. The number of hydrogen-bond acceptors (Lipinski definition) is 1. The second-order valence-electron chi connectivity index (χ2n) is 5.63. The fourth-order valence-electron chi connectivity index (χ4n) is 3.62. The second kappa shape index (κ2) is 4.64. The van der Waals surface area contributed by atoms with E-state index in [0.29, 0.717) is 16.5 Å². The summed E-state index contributed by atoms with van der Waals surface area (Å²) in [4.78, 5) is 11.8. The average molecular weight is 295 g/mol. The lowest BCUT2D eigenvalue weighted by Gasteiger charge is -2.33. The van der Waals surface area contributed by atoms with Crippen LogP contribution in [0.4, 0.5) is 0 Å². The van der Waals surface area contributed by atoms with Crippen LogP contribution in [0.1, 0.15) is 43.7 Å². The first-order valence-corrected chi connectivity index (χ1v) is 7.55. The molecule has 0 saturated carbocycles. The summed E-state index contributed by atoms with van der Waals surface area (Å²) < 4.78 is 0. The molecular weight excluding hydrogens is 279 g/mol. The predicted molar refractivity (Wildman–Crippen MR) is 79.7 cm³/mol. The zero-order chi connectivity index (χ0) is 13.6. The monoisotopic (exact) mass is 294 g/mol. The summed E-state index contributed by atoms with van der Waals surface area (Å²) in [5, 5.41) is 1.18. The molecule has 0 aliphatic heterocycles. The van der Waals surface area contributed by atoms with Gasteiger partial charge in [0.25, 0.3) is 0 Å². The minimum atomic E-state index is 0.110. The quantitative estimate of drug-likeness (QED) is 0.743. The van der Waals surface area contributed by atoms with E-state index in [9.17, 15) is 4.79 Å². The maximum absolute atomic E-state index is 11.8. The Morgan fingerprint density at radius 2 is 2.11 bits per heavy atom. The molecule has 0 saturated heterocycles. The van der Waals surface area contributed by atoms with Gasteiger partial charge in [-0.05, 0) is 42.5 Å². The summed E-state index contributed by atoms with van der Waals surface area (Å²) in [6.45, 7) is 2.19. The highest BCUT2D eigenvalue weighted by Gasteiger charge is 2.44. The first-order valence-electron chi connectivity index (χ1n) is 6.79. The van der Waals surface area contributed by atoms with Crippen molar-refractivity contribution in [2.75, 3.05) is 0 Å². The van der Waals surface area contributed by atoms with Crippen molar-refractivity contribution < 1.29 is 4.79 Å². The molecule has 1 unspecified atom stereocenters. The van der Waals surface area contributed by atoms with Crippen LogP contribution >= 0.6 is 23.2 Å². The molecule has 1 nitrogen and oxygen atoms in total. The molecule has 0 amide bonds. The Balaban J connectivity index is 2.21. The zero-order valence-corrected chi connectivity index (χ0v) is 12.4. The van der Waals surface area contributed by atoms with E-state index in [2.05, 4.69) is 13.0 Å². The van der Waals surface area contributed by atoms with Crippen LogP contribution in [0.2, 0.25) is 10.0 Å². The van der Waals surface area contributed by atoms with Crippen molar-refractivity contribution in [3.05, 3.63) is 39.4 Å². The number of fused-ring (bicyclic) bond motifs is 3. The molecule has 0 spiro atoms. The average Bonchev–Trinajstić information content (AvgIpc) is 2.69. The van der Waals surface area contributed by atoms with Crippen molar-refractivity contribution in [3.63, 3.8) is 0 Å². The number of allylic oxidation sites excluding steroid dienone is 2. The van der Waals surface area contributed by atoms with Gasteiger partial charge in [0, 0.05) is 17.4 Å². The Morgan fingerprint density at radius 1 is 1.32 bits per heavy atom. The van der Waals surface area contributed by atoms with Gasteiger partial charge in [0.1, 0.15) is 0 Å². The van der Waals surface area contributed by atoms with Crippen molar-refractivity contribution in [2.24, 2.45) is 5.41 Å². The molecule has 2 aliphatic rings. The Kier molecular flexibility index (Phi) is 3.23. The van der Waals surface area contributed by atoms with Crippen molar-refractivity contribution in [3.8, 4) is 0 Å². The van der Waals surface area contributed by atoms with Crippen molar-refractivity contribution >= 4 is 34.6 Å². The van der Waals surface area contributed by atoms with E-state index in [-0.39, 0.29) is 11.2 Å². The molecule has 0 aromatic heterocycles. The lowest BCUT2D eigenvalue weighted by molar-refractivity contribution is -0.115. The first kappa shape index (κ1) is 13.2. The van der Waals surface area contributed by atoms with Crippen LogP contribution in [-0.2, 0) is 11.2 Å². The van der Waals surface area contributed by atoms with Crippen LogP contribution in [0, 0.1) is 5.41 Å². The highest BCUT2D eigenvalue weighted by Crippen LogP contribution is 2.56. The third kappa shape index (κ3) is 1.95. The smallest absolute Gasteiger partial charge is 0.156 e. The SMILES string of the molecule is CCCC12CCC(=O)C=C1c1c(ccc(Cl)c1Cl)C2. The van der Waals surface area contributed by atoms with Crippen LogP contribution in [0.5, 0.6) is 0 Å². The minimum absolute atomic E-state index is 0.110. The molecule has 2 aliphatic carbocycles. The summed E-state index contributed by atoms with van der Waals surface area (Å²) >= 11 is 12.5. The molecule has 0 bridgehead atoms. The predicted octanol–water partition coefficient (Wildman–Crippen LogP) is 5.08. The molecule has 0 radical (unpaired) electrons. The van der Waals surface area contributed by atoms with E-state index in [1.165, 1.54) is 5.56 Å². The van der Waals surface area contributed by atoms with Gasteiger partial charge in [-0.25, -0.2) is 0 Å². The fraction of sp³-hybridized carbons (Fsp3) is 0.438. The summed E-state index contributed by atoms with van der Waals surface area (Å²) in [5.74, 6) is 0.214. The van der Waals surface area contributed by atoms with Gasteiger partial charge in [-0.15, -0.1) is 0 Å². The number of carbonyl (C=O) groups is 1. The van der Waals surface area contributed by atoms with Gasteiger partial charge < -0.3 is 0 Å². The second-order valence-corrected chi connectivity index (χ2v) is 6.41. The number of carbonyl (C=O) groups excluding carboxylic acids is 1. The molecule has 19 heavy (non-hydrogen) atoms. The van der Waals surface area contributed by atoms with Crippen LogP contribution in [0.3, 0.4) is 0 Å². The van der Waals surface area contributed by atoms with Gasteiger partial charge in [-0.2, -0.15) is 0 Å². The minimum Gasteiger partial charge on any atom is -0.295 e. The summed E-state index contributed by atoms with van der Waals surface area (Å²) in [6.07, 6.45) is 6.62. The largest absolute Gasteiger partial charge is 0.295 e. The molecule has 1 aromatic carbocycles. The highest BCUT2D eigenvalue weighted by atomic mass is 35.5. The number of benzene rings is 1. The standard InChI is InChI=1S/C16H16Cl2O/c1-2-6-16-7-5-11(19)8-12(16)14-10(9-16)3-4-13(17)15(14)18/h3-4,8H,2,5-7,9H2,1H3. The van der Waals surface area contributed by atoms with Crippen LogP contribution in [0.25, 0.3) is 5.57 Å².